The monoisotopic (exact) mass is 305 g/mol. The van der Waals surface area contributed by atoms with E-state index in [0.29, 0.717) is 13.1 Å². The number of carbonyl (C=O) groups excluding carboxylic acids is 1. The van der Waals surface area contributed by atoms with E-state index in [4.69, 9.17) is 4.74 Å². The second-order valence-corrected chi connectivity index (χ2v) is 6.63. The summed E-state index contributed by atoms with van der Waals surface area (Å²) in [5.41, 5.74) is 2.18. The zero-order chi connectivity index (χ0) is 15.9. The Morgan fingerprint density at radius 3 is 2.77 bits per heavy atom. The van der Waals surface area contributed by atoms with Crippen molar-refractivity contribution in [2.75, 3.05) is 26.7 Å². The number of likely N-dealkylation sites (N-methyl/N-ethyl adjacent to an activating group) is 1. The Morgan fingerprint density at radius 2 is 2.09 bits per heavy atom. The lowest BCUT2D eigenvalue weighted by atomic mass is 9.92. The average molecular weight is 305 g/mol. The molecule has 0 bridgehead atoms. The highest BCUT2D eigenvalue weighted by atomic mass is 16.6. The highest BCUT2D eigenvalue weighted by Gasteiger charge is 2.46. The van der Waals surface area contributed by atoms with Gasteiger partial charge in [-0.3, -0.25) is 9.69 Å². The van der Waals surface area contributed by atoms with Crippen LogP contribution >= 0.6 is 0 Å². The van der Waals surface area contributed by atoms with Crippen LogP contribution in [0.1, 0.15) is 29.7 Å². The van der Waals surface area contributed by atoms with E-state index in [1.165, 1.54) is 0 Å². The minimum absolute atomic E-state index is 0.104. The van der Waals surface area contributed by atoms with Gasteiger partial charge in [0.05, 0.1) is 6.54 Å². The van der Waals surface area contributed by atoms with Gasteiger partial charge in [-0.2, -0.15) is 0 Å². The number of likely N-dealkylation sites (tertiary alicyclic amines) is 1. The first-order chi connectivity index (χ1) is 10.4. The number of H-pyrrole nitrogens is 1. The largest absolute Gasteiger partial charge is 0.440 e. The van der Waals surface area contributed by atoms with E-state index >= 15 is 0 Å². The number of nitrogens with zero attached hydrogens (tertiary/aromatic N) is 2. The molecule has 2 saturated heterocycles. The lowest BCUT2D eigenvalue weighted by Gasteiger charge is -2.38. The predicted octanol–water partition coefficient (Wildman–Crippen LogP) is 1.41. The molecule has 6 heteroatoms. The predicted molar refractivity (Wildman–Crippen MR) is 82.9 cm³/mol. The van der Waals surface area contributed by atoms with Gasteiger partial charge in [-0.15, -0.1) is 0 Å². The number of hydrogen-bond donors (Lipinski definition) is 1. The molecule has 1 unspecified atom stereocenters. The van der Waals surface area contributed by atoms with E-state index in [1.807, 2.05) is 13.8 Å². The smallest absolute Gasteiger partial charge is 0.410 e. The molecule has 2 aliphatic rings. The topological polar surface area (TPSA) is 65.6 Å². The van der Waals surface area contributed by atoms with E-state index in [9.17, 15) is 9.59 Å². The second-order valence-electron chi connectivity index (χ2n) is 6.63. The van der Waals surface area contributed by atoms with Crippen molar-refractivity contribution in [3.63, 3.8) is 0 Å². The minimum atomic E-state index is -0.386. The number of piperidine rings is 1. The van der Waals surface area contributed by atoms with Gasteiger partial charge >= 0.3 is 6.09 Å². The highest BCUT2D eigenvalue weighted by Crippen LogP contribution is 2.31. The quantitative estimate of drug-likeness (QED) is 0.897. The van der Waals surface area contributed by atoms with Gasteiger partial charge in [-0.05, 0) is 33.2 Å². The van der Waals surface area contributed by atoms with Gasteiger partial charge in [0.2, 0.25) is 0 Å². The number of aromatic amines is 1. The van der Waals surface area contributed by atoms with Crippen molar-refractivity contribution in [1.82, 2.24) is 14.8 Å². The standard InChI is InChI=1S/C16H23N3O3/c1-11-7-17-13(12(2)14(11)20)8-19-6-4-5-16(10-19)9-18(3)15(21)22-16/h7H,4-6,8-10H2,1-3H3,(H,17,20). The number of hydrogen-bond acceptors (Lipinski definition) is 4. The molecule has 0 radical (unpaired) electrons. The second kappa shape index (κ2) is 5.43. The van der Waals surface area contributed by atoms with Crippen LogP contribution in [0.2, 0.25) is 0 Å². The van der Waals surface area contributed by atoms with E-state index in [0.717, 1.165) is 42.8 Å². The van der Waals surface area contributed by atoms with Crippen molar-refractivity contribution >= 4 is 6.09 Å². The summed E-state index contributed by atoms with van der Waals surface area (Å²) in [4.78, 5) is 30.9. The van der Waals surface area contributed by atoms with Crippen molar-refractivity contribution < 1.29 is 9.53 Å². The number of amides is 1. The molecule has 0 saturated carbocycles. The van der Waals surface area contributed by atoms with Crippen molar-refractivity contribution in [2.24, 2.45) is 0 Å². The molecule has 0 aliphatic carbocycles. The molecule has 1 atom stereocenters. The number of nitrogens with one attached hydrogen (secondary N) is 1. The third-order valence-corrected chi connectivity index (χ3v) is 4.76. The lowest BCUT2D eigenvalue weighted by Crippen LogP contribution is -2.50. The number of pyridine rings is 1. The summed E-state index contributed by atoms with van der Waals surface area (Å²) in [5, 5.41) is 0. The number of rotatable bonds is 2. The summed E-state index contributed by atoms with van der Waals surface area (Å²) in [7, 11) is 1.78. The number of aromatic nitrogens is 1. The number of carbonyl (C=O) groups is 1. The van der Waals surface area contributed by atoms with Crippen molar-refractivity contribution in [1.29, 1.82) is 0 Å². The normalized spacial score (nSPS) is 25.8. The first-order valence-corrected chi connectivity index (χ1v) is 7.74. The van der Waals surface area contributed by atoms with Gasteiger partial charge in [0, 0.05) is 43.2 Å². The first-order valence-electron chi connectivity index (χ1n) is 7.74. The van der Waals surface area contributed by atoms with Crippen LogP contribution < -0.4 is 5.43 Å². The van der Waals surface area contributed by atoms with Gasteiger partial charge in [0.1, 0.15) is 5.60 Å². The van der Waals surface area contributed by atoms with E-state index in [1.54, 1.807) is 18.1 Å². The fourth-order valence-corrected chi connectivity index (χ4v) is 3.52. The fourth-order valence-electron chi connectivity index (χ4n) is 3.52. The Bertz CT molecular complexity index is 655. The molecule has 1 spiro atoms. The molecule has 22 heavy (non-hydrogen) atoms. The Labute approximate surface area is 130 Å². The molecule has 3 heterocycles. The average Bonchev–Trinajstić information content (AvgIpc) is 2.74. The number of ether oxygens (including phenoxy) is 1. The summed E-state index contributed by atoms with van der Waals surface area (Å²) in [5.74, 6) is 0. The summed E-state index contributed by atoms with van der Waals surface area (Å²) in [6, 6.07) is 0. The highest BCUT2D eigenvalue weighted by molar-refractivity contribution is 5.70. The summed E-state index contributed by atoms with van der Waals surface area (Å²) in [6.07, 6.45) is 3.44. The van der Waals surface area contributed by atoms with Crippen LogP contribution in [-0.2, 0) is 11.3 Å². The Balaban J connectivity index is 1.75. The molecule has 6 nitrogen and oxygen atoms in total. The van der Waals surface area contributed by atoms with Crippen LogP contribution in [0.25, 0.3) is 0 Å². The summed E-state index contributed by atoms with van der Waals surface area (Å²) < 4.78 is 5.62. The van der Waals surface area contributed by atoms with Crippen molar-refractivity contribution in [3.8, 4) is 0 Å². The molecule has 2 fully saturated rings. The maximum atomic E-state index is 12.1. The molecule has 120 valence electrons. The van der Waals surface area contributed by atoms with Crippen LogP contribution in [0.5, 0.6) is 0 Å². The zero-order valence-corrected chi connectivity index (χ0v) is 13.4. The van der Waals surface area contributed by atoms with Gasteiger partial charge in [0.15, 0.2) is 5.43 Å². The lowest BCUT2D eigenvalue weighted by molar-refractivity contribution is -0.0117. The van der Waals surface area contributed by atoms with Crippen LogP contribution in [0, 0.1) is 13.8 Å². The van der Waals surface area contributed by atoms with E-state index in [2.05, 4.69) is 9.88 Å². The molecular weight excluding hydrogens is 282 g/mol. The fraction of sp³-hybridized carbons (Fsp3) is 0.625. The van der Waals surface area contributed by atoms with Gasteiger partial charge < -0.3 is 14.6 Å². The number of aryl methyl sites for hydroxylation is 1. The third-order valence-electron chi connectivity index (χ3n) is 4.76. The Morgan fingerprint density at radius 1 is 1.32 bits per heavy atom. The van der Waals surface area contributed by atoms with Crippen LogP contribution in [0.3, 0.4) is 0 Å². The third kappa shape index (κ3) is 2.63. The van der Waals surface area contributed by atoms with Crippen LogP contribution in [0.15, 0.2) is 11.0 Å². The van der Waals surface area contributed by atoms with Crippen molar-refractivity contribution in [3.05, 3.63) is 33.2 Å². The SMILES string of the molecule is Cc1c[nH]c(CN2CCCC3(C2)CN(C)C(=O)O3)c(C)c1=O. The van der Waals surface area contributed by atoms with Crippen LogP contribution in [0.4, 0.5) is 4.79 Å². The molecule has 1 N–H and O–H groups in total. The molecule has 0 aromatic carbocycles. The molecule has 3 rings (SSSR count). The minimum Gasteiger partial charge on any atom is -0.440 e. The molecule has 2 aliphatic heterocycles. The molecule has 1 amide bonds. The van der Waals surface area contributed by atoms with Gasteiger partial charge in [0.25, 0.3) is 0 Å². The zero-order valence-electron chi connectivity index (χ0n) is 13.4. The molecule has 1 aromatic rings. The van der Waals surface area contributed by atoms with Crippen molar-refractivity contribution in [2.45, 2.75) is 38.8 Å². The van der Waals surface area contributed by atoms with E-state index < -0.39 is 0 Å². The summed E-state index contributed by atoms with van der Waals surface area (Å²) in [6.45, 7) is 6.69. The summed E-state index contributed by atoms with van der Waals surface area (Å²) >= 11 is 0. The van der Waals surface area contributed by atoms with Gasteiger partial charge in [-0.25, -0.2) is 4.79 Å². The van der Waals surface area contributed by atoms with E-state index in [-0.39, 0.29) is 17.1 Å². The van der Waals surface area contributed by atoms with Crippen LogP contribution in [-0.4, -0.2) is 53.2 Å². The Hall–Kier alpha value is -1.82. The maximum absolute atomic E-state index is 12.1. The van der Waals surface area contributed by atoms with Gasteiger partial charge in [-0.1, -0.05) is 0 Å². The molecular formula is C16H23N3O3. The maximum Gasteiger partial charge on any atom is 0.410 e. The Kier molecular flexibility index (Phi) is 3.72. The molecule has 1 aromatic heterocycles. The first kappa shape index (κ1) is 15.1.